The molecule has 0 saturated carbocycles. The highest BCUT2D eigenvalue weighted by atomic mass is 16.5. The highest BCUT2D eigenvalue weighted by Crippen LogP contribution is 2.31. The summed E-state index contributed by atoms with van der Waals surface area (Å²) < 4.78 is 14.6. The van der Waals surface area contributed by atoms with Gasteiger partial charge in [-0.25, -0.2) is 4.68 Å². The van der Waals surface area contributed by atoms with Crippen molar-refractivity contribution in [2.75, 3.05) is 13.7 Å². The molecule has 148 valence electrons. The van der Waals surface area contributed by atoms with E-state index in [1.807, 2.05) is 27.7 Å². The van der Waals surface area contributed by atoms with Crippen LogP contribution in [0.2, 0.25) is 0 Å². The molecule has 0 spiro atoms. The Morgan fingerprint density at radius 2 is 2.15 bits per heavy atom. The van der Waals surface area contributed by atoms with Crippen LogP contribution in [0.5, 0.6) is 0 Å². The van der Waals surface area contributed by atoms with Gasteiger partial charge in [0.05, 0.1) is 49.0 Å². The van der Waals surface area contributed by atoms with Gasteiger partial charge in [-0.3, -0.25) is 9.48 Å². The summed E-state index contributed by atoms with van der Waals surface area (Å²) in [6.07, 6.45) is 0.585. The smallest absolute Gasteiger partial charge is 0.270 e. The molecule has 2 aromatic heterocycles. The minimum absolute atomic E-state index is 0.0482. The molecular weight excluding hydrogens is 348 g/mol. The third-order valence-electron chi connectivity index (χ3n) is 4.86. The predicted octanol–water partition coefficient (Wildman–Crippen LogP) is 1.40. The molecule has 3 heterocycles. The largest absolute Gasteiger partial charge is 0.383 e. The molecule has 3 rings (SSSR count). The Balaban J connectivity index is 1.87. The van der Waals surface area contributed by atoms with Gasteiger partial charge in [-0.2, -0.15) is 5.10 Å². The Labute approximate surface area is 159 Å². The maximum Gasteiger partial charge on any atom is 0.270 e. The van der Waals surface area contributed by atoms with Gasteiger partial charge in [0.15, 0.2) is 0 Å². The van der Waals surface area contributed by atoms with Gasteiger partial charge in [0, 0.05) is 25.6 Å². The van der Waals surface area contributed by atoms with Crippen LogP contribution in [0.1, 0.15) is 60.0 Å². The number of carbonyl (C=O) groups excluding carboxylic acids is 1. The lowest BCUT2D eigenvalue weighted by Gasteiger charge is -2.24. The monoisotopic (exact) mass is 376 g/mol. The van der Waals surface area contributed by atoms with Crippen LogP contribution in [0, 0.1) is 6.92 Å². The van der Waals surface area contributed by atoms with Crippen molar-refractivity contribution in [2.24, 2.45) is 0 Å². The summed E-state index contributed by atoms with van der Waals surface area (Å²) in [6.45, 7) is 9.96. The Hall–Kier alpha value is -2.26. The first kappa shape index (κ1) is 19.5. The SMILES string of the molecule is CCn1nnc(C)c1CNC(=O)c1c2c(nn1CCOC)[C@H](C)O[C@H](C)C2. The molecule has 1 aliphatic heterocycles. The Morgan fingerprint density at radius 1 is 1.37 bits per heavy atom. The fraction of sp³-hybridized carbons (Fsp3) is 0.667. The molecular formula is C18H28N6O3. The summed E-state index contributed by atoms with van der Waals surface area (Å²) in [7, 11) is 1.64. The number of ether oxygens (including phenoxy) is 2. The number of nitrogens with zero attached hydrogens (tertiary/aromatic N) is 5. The zero-order valence-corrected chi connectivity index (χ0v) is 16.7. The van der Waals surface area contributed by atoms with Gasteiger partial charge in [0.1, 0.15) is 5.69 Å². The number of nitrogens with one attached hydrogen (secondary N) is 1. The number of aryl methyl sites for hydroxylation is 2. The van der Waals surface area contributed by atoms with Crippen LogP contribution in [0.15, 0.2) is 0 Å². The minimum atomic E-state index is -0.149. The standard InChI is InChI=1S/C18H28N6O3/c1-6-23-15(12(3)20-22-23)10-19-18(25)17-14-9-11(2)27-13(4)16(14)21-24(17)7-8-26-5/h11,13H,6-10H2,1-5H3,(H,19,25)/t11-,13+/m1/s1. The van der Waals surface area contributed by atoms with Crippen LogP contribution in [0.25, 0.3) is 0 Å². The summed E-state index contributed by atoms with van der Waals surface area (Å²) in [4.78, 5) is 13.1. The van der Waals surface area contributed by atoms with Gasteiger partial charge < -0.3 is 14.8 Å². The van der Waals surface area contributed by atoms with E-state index < -0.39 is 0 Å². The van der Waals surface area contributed by atoms with Crippen molar-refractivity contribution in [1.82, 2.24) is 30.1 Å². The maximum atomic E-state index is 13.1. The third kappa shape index (κ3) is 3.89. The number of rotatable bonds is 7. The third-order valence-corrected chi connectivity index (χ3v) is 4.86. The summed E-state index contributed by atoms with van der Waals surface area (Å²) >= 11 is 0. The molecule has 0 aliphatic carbocycles. The molecule has 9 nitrogen and oxygen atoms in total. The van der Waals surface area contributed by atoms with E-state index >= 15 is 0 Å². The summed E-state index contributed by atoms with van der Waals surface area (Å²) in [5.41, 5.74) is 4.13. The molecule has 0 aromatic carbocycles. The number of fused-ring (bicyclic) bond motifs is 1. The second-order valence-electron chi connectivity index (χ2n) is 6.84. The molecule has 2 atom stereocenters. The number of methoxy groups -OCH3 is 1. The Bertz CT molecular complexity index is 812. The van der Waals surface area contributed by atoms with Gasteiger partial charge in [-0.15, -0.1) is 5.10 Å². The first-order valence-corrected chi connectivity index (χ1v) is 9.37. The van der Waals surface area contributed by atoms with Crippen LogP contribution in [0.4, 0.5) is 0 Å². The van der Waals surface area contributed by atoms with E-state index in [1.165, 1.54) is 0 Å². The first-order valence-electron chi connectivity index (χ1n) is 9.37. The van der Waals surface area contributed by atoms with Crippen molar-refractivity contribution in [3.63, 3.8) is 0 Å². The summed E-state index contributed by atoms with van der Waals surface area (Å²) in [6, 6.07) is 0. The lowest BCUT2D eigenvalue weighted by atomic mass is 9.99. The number of hydrogen-bond acceptors (Lipinski definition) is 6. The van der Waals surface area contributed by atoms with Gasteiger partial charge in [-0.1, -0.05) is 5.21 Å². The molecule has 0 bridgehead atoms. The number of hydrogen-bond donors (Lipinski definition) is 1. The highest BCUT2D eigenvalue weighted by Gasteiger charge is 2.32. The molecule has 0 unspecified atom stereocenters. The molecule has 0 radical (unpaired) electrons. The zero-order chi connectivity index (χ0) is 19.6. The molecule has 0 fully saturated rings. The van der Waals surface area contributed by atoms with Crippen molar-refractivity contribution >= 4 is 5.91 Å². The van der Waals surface area contributed by atoms with Gasteiger partial charge >= 0.3 is 0 Å². The Morgan fingerprint density at radius 3 is 2.85 bits per heavy atom. The molecule has 2 aromatic rings. The van der Waals surface area contributed by atoms with E-state index in [9.17, 15) is 4.79 Å². The molecule has 0 saturated heterocycles. The van der Waals surface area contributed by atoms with Crippen molar-refractivity contribution < 1.29 is 14.3 Å². The lowest BCUT2D eigenvalue weighted by Crippen LogP contribution is -2.30. The van der Waals surface area contributed by atoms with E-state index in [1.54, 1.807) is 16.5 Å². The lowest BCUT2D eigenvalue weighted by molar-refractivity contribution is -0.00716. The highest BCUT2D eigenvalue weighted by molar-refractivity contribution is 5.94. The average molecular weight is 376 g/mol. The molecule has 9 heteroatoms. The van der Waals surface area contributed by atoms with Crippen LogP contribution in [-0.2, 0) is 35.5 Å². The predicted molar refractivity (Wildman–Crippen MR) is 98.4 cm³/mol. The van der Waals surface area contributed by atoms with Crippen molar-refractivity contribution in [2.45, 2.75) is 66.0 Å². The molecule has 1 aliphatic rings. The minimum Gasteiger partial charge on any atom is -0.383 e. The Kier molecular flexibility index (Phi) is 5.91. The van der Waals surface area contributed by atoms with Crippen molar-refractivity contribution in [3.8, 4) is 0 Å². The first-order chi connectivity index (χ1) is 13.0. The van der Waals surface area contributed by atoms with Crippen LogP contribution < -0.4 is 5.32 Å². The molecule has 1 N–H and O–H groups in total. The van der Waals surface area contributed by atoms with Crippen molar-refractivity contribution in [3.05, 3.63) is 28.3 Å². The van der Waals surface area contributed by atoms with Crippen LogP contribution in [-0.4, -0.2) is 50.5 Å². The number of aromatic nitrogens is 5. The summed E-state index contributed by atoms with van der Waals surface area (Å²) in [5.74, 6) is -0.149. The summed E-state index contributed by atoms with van der Waals surface area (Å²) in [5, 5.41) is 15.8. The van der Waals surface area contributed by atoms with E-state index in [2.05, 4.69) is 20.7 Å². The van der Waals surface area contributed by atoms with Crippen molar-refractivity contribution in [1.29, 1.82) is 0 Å². The van der Waals surface area contributed by atoms with Gasteiger partial charge in [-0.05, 0) is 27.7 Å². The van der Waals surface area contributed by atoms with E-state index in [0.29, 0.717) is 38.4 Å². The fourth-order valence-corrected chi connectivity index (χ4v) is 3.53. The van der Waals surface area contributed by atoms with E-state index in [0.717, 1.165) is 22.6 Å². The quantitative estimate of drug-likeness (QED) is 0.785. The average Bonchev–Trinajstić information content (AvgIpc) is 3.18. The van der Waals surface area contributed by atoms with Gasteiger partial charge in [0.25, 0.3) is 5.91 Å². The zero-order valence-electron chi connectivity index (χ0n) is 16.7. The van der Waals surface area contributed by atoms with E-state index in [4.69, 9.17) is 9.47 Å². The fourth-order valence-electron chi connectivity index (χ4n) is 3.53. The second kappa shape index (κ2) is 8.18. The maximum absolute atomic E-state index is 13.1. The van der Waals surface area contributed by atoms with Gasteiger partial charge in [0.2, 0.25) is 0 Å². The van der Waals surface area contributed by atoms with Crippen LogP contribution >= 0.6 is 0 Å². The topological polar surface area (TPSA) is 96.1 Å². The second-order valence-corrected chi connectivity index (χ2v) is 6.84. The van der Waals surface area contributed by atoms with E-state index in [-0.39, 0.29) is 18.1 Å². The normalized spacial score (nSPS) is 19.1. The molecule has 27 heavy (non-hydrogen) atoms. The van der Waals surface area contributed by atoms with Crippen LogP contribution in [0.3, 0.4) is 0 Å². The number of amides is 1. The number of carbonyl (C=O) groups is 1. The molecule has 1 amide bonds.